The molecule has 2 fully saturated rings. The van der Waals surface area contributed by atoms with Crippen molar-refractivity contribution in [3.8, 4) is 11.5 Å². The molecule has 1 saturated heterocycles. The van der Waals surface area contributed by atoms with E-state index in [0.717, 1.165) is 24.0 Å². The van der Waals surface area contributed by atoms with Crippen molar-refractivity contribution in [3.05, 3.63) is 65.5 Å². The van der Waals surface area contributed by atoms with Gasteiger partial charge in [-0.1, -0.05) is 24.3 Å². The number of anilines is 1. The Hall–Kier alpha value is -2.92. The molecule has 1 saturated carbocycles. The zero-order valence-corrected chi connectivity index (χ0v) is 22.7. The van der Waals surface area contributed by atoms with Gasteiger partial charge in [0.25, 0.3) is 5.89 Å². The van der Waals surface area contributed by atoms with Gasteiger partial charge in [0.15, 0.2) is 0 Å². The van der Waals surface area contributed by atoms with Crippen LogP contribution < -0.4 is 4.31 Å². The summed E-state index contributed by atoms with van der Waals surface area (Å²) in [6.45, 7) is 3.42. The molecule has 2 aromatic carbocycles. The molecule has 39 heavy (non-hydrogen) atoms. The molecule has 0 amide bonds. The first-order valence-corrected chi connectivity index (χ1v) is 14.9. The van der Waals surface area contributed by atoms with Crippen LogP contribution in [-0.4, -0.2) is 54.1 Å². The highest BCUT2D eigenvalue weighted by atomic mass is 32.2. The predicted octanol–water partition coefficient (Wildman–Crippen LogP) is 6.06. The highest BCUT2D eigenvalue weighted by Gasteiger charge is 2.37. The summed E-state index contributed by atoms with van der Waals surface area (Å²) < 4.78 is 73.8. The number of hydrogen-bond donors (Lipinski definition) is 0. The minimum atomic E-state index is -3.70. The SMILES string of the molecule is Cc1cccc(N(Cc2ccc(-c3nnc(C(F)F)o3)cc2)S(=O)(=O)C2CCN([C@H]3CC[C@H](F)CC3)CC2)c1. The Kier molecular flexibility index (Phi) is 8.27. The number of piperidine rings is 1. The molecule has 0 unspecified atom stereocenters. The van der Waals surface area contributed by atoms with Crippen molar-refractivity contribution < 1.29 is 26.0 Å². The van der Waals surface area contributed by atoms with E-state index in [1.54, 1.807) is 30.3 Å². The van der Waals surface area contributed by atoms with Crippen LogP contribution in [0.5, 0.6) is 0 Å². The smallest absolute Gasteiger partial charge is 0.314 e. The van der Waals surface area contributed by atoms with E-state index < -0.39 is 33.8 Å². The molecule has 2 aliphatic rings. The maximum Gasteiger partial charge on any atom is 0.314 e. The predicted molar refractivity (Wildman–Crippen MR) is 143 cm³/mol. The van der Waals surface area contributed by atoms with Crippen molar-refractivity contribution >= 4 is 15.7 Å². The maximum atomic E-state index is 14.0. The second-order valence-corrected chi connectivity index (χ2v) is 12.6. The minimum Gasteiger partial charge on any atom is -0.415 e. The van der Waals surface area contributed by atoms with Crippen LogP contribution in [0.1, 0.15) is 62.0 Å². The first-order chi connectivity index (χ1) is 18.7. The summed E-state index contributed by atoms with van der Waals surface area (Å²) in [5.74, 6) is -0.765. The van der Waals surface area contributed by atoms with Crippen LogP contribution in [0.4, 0.5) is 18.9 Å². The lowest BCUT2D eigenvalue weighted by Crippen LogP contribution is -2.49. The molecule has 3 aromatic rings. The lowest BCUT2D eigenvalue weighted by Gasteiger charge is -2.40. The number of alkyl halides is 3. The van der Waals surface area contributed by atoms with Gasteiger partial charge in [0.05, 0.1) is 17.5 Å². The largest absolute Gasteiger partial charge is 0.415 e. The fourth-order valence-electron chi connectivity index (χ4n) is 5.59. The molecule has 1 aliphatic carbocycles. The Balaban J connectivity index is 1.33. The number of halogens is 3. The second-order valence-electron chi connectivity index (χ2n) is 10.5. The highest BCUT2D eigenvalue weighted by Crippen LogP contribution is 2.32. The van der Waals surface area contributed by atoms with Crippen LogP contribution in [0.15, 0.2) is 52.9 Å². The van der Waals surface area contributed by atoms with Crippen LogP contribution in [0, 0.1) is 6.92 Å². The molecule has 210 valence electrons. The Bertz CT molecular complexity index is 1350. The number of aryl methyl sites for hydroxylation is 1. The summed E-state index contributed by atoms with van der Waals surface area (Å²) in [5.41, 5.74) is 2.75. The summed E-state index contributed by atoms with van der Waals surface area (Å²) in [4.78, 5) is 2.34. The van der Waals surface area contributed by atoms with Gasteiger partial charge < -0.3 is 9.32 Å². The van der Waals surface area contributed by atoms with Gasteiger partial charge in [0.2, 0.25) is 15.9 Å². The van der Waals surface area contributed by atoms with E-state index in [0.29, 0.717) is 56.1 Å². The molecule has 11 heteroatoms. The lowest BCUT2D eigenvalue weighted by atomic mass is 9.91. The Morgan fingerprint density at radius 2 is 1.69 bits per heavy atom. The van der Waals surface area contributed by atoms with E-state index in [1.165, 1.54) is 4.31 Å². The van der Waals surface area contributed by atoms with E-state index in [1.807, 2.05) is 25.1 Å². The third-order valence-electron chi connectivity index (χ3n) is 7.79. The third kappa shape index (κ3) is 6.30. The standard InChI is InChI=1S/C28H33F3N4O3S/c1-19-3-2-4-24(17-19)35(18-20-5-7-21(8-6-20)27-32-33-28(38-27)26(30)31)39(36,37)25-13-15-34(16-14-25)23-11-9-22(29)10-12-23/h2-8,17,22-23,25-26H,9-16,18H2,1H3/t22-,23-. The van der Waals surface area contributed by atoms with Crippen LogP contribution in [0.25, 0.3) is 11.5 Å². The van der Waals surface area contributed by atoms with E-state index in [4.69, 9.17) is 4.42 Å². The average molecular weight is 563 g/mol. The molecule has 2 heterocycles. The number of benzene rings is 2. The van der Waals surface area contributed by atoms with Crippen LogP contribution in [0.3, 0.4) is 0 Å². The second kappa shape index (κ2) is 11.7. The first-order valence-electron chi connectivity index (χ1n) is 13.4. The van der Waals surface area contributed by atoms with Crippen molar-refractivity contribution in [3.63, 3.8) is 0 Å². The number of sulfonamides is 1. The van der Waals surface area contributed by atoms with Gasteiger partial charge in [-0.15, -0.1) is 10.2 Å². The van der Waals surface area contributed by atoms with E-state index >= 15 is 0 Å². The summed E-state index contributed by atoms with van der Waals surface area (Å²) in [7, 11) is -3.70. The zero-order chi connectivity index (χ0) is 27.6. The molecule has 0 N–H and O–H groups in total. The quantitative estimate of drug-likeness (QED) is 0.332. The van der Waals surface area contributed by atoms with E-state index in [2.05, 4.69) is 15.1 Å². The third-order valence-corrected chi connectivity index (χ3v) is 10.1. The van der Waals surface area contributed by atoms with Crippen molar-refractivity contribution in [2.75, 3.05) is 17.4 Å². The number of aromatic nitrogens is 2. The van der Waals surface area contributed by atoms with Gasteiger partial charge in [0, 0.05) is 11.6 Å². The van der Waals surface area contributed by atoms with Crippen LogP contribution in [0.2, 0.25) is 0 Å². The summed E-state index contributed by atoms with van der Waals surface area (Å²) in [5, 5.41) is 6.52. The Morgan fingerprint density at radius 3 is 2.31 bits per heavy atom. The molecule has 5 rings (SSSR count). The molecule has 0 bridgehead atoms. The van der Waals surface area contributed by atoms with Gasteiger partial charge in [-0.05, 0) is 93.9 Å². The van der Waals surface area contributed by atoms with Crippen molar-refractivity contribution in [2.24, 2.45) is 0 Å². The van der Waals surface area contributed by atoms with Crippen molar-refractivity contribution in [2.45, 2.75) is 75.9 Å². The molecule has 0 spiro atoms. The number of likely N-dealkylation sites (tertiary alicyclic amines) is 1. The fraction of sp³-hybridized carbons (Fsp3) is 0.500. The number of nitrogens with zero attached hydrogens (tertiary/aromatic N) is 4. The monoisotopic (exact) mass is 562 g/mol. The maximum absolute atomic E-state index is 14.0. The van der Waals surface area contributed by atoms with Gasteiger partial charge >= 0.3 is 6.43 Å². The molecule has 0 atom stereocenters. The molecular weight excluding hydrogens is 529 g/mol. The van der Waals surface area contributed by atoms with Crippen molar-refractivity contribution in [1.29, 1.82) is 0 Å². The number of hydrogen-bond acceptors (Lipinski definition) is 6. The summed E-state index contributed by atoms with van der Waals surface area (Å²) >= 11 is 0. The van der Waals surface area contributed by atoms with E-state index in [-0.39, 0.29) is 12.4 Å². The first kappa shape index (κ1) is 27.6. The van der Waals surface area contributed by atoms with Gasteiger partial charge in [-0.25, -0.2) is 12.8 Å². The van der Waals surface area contributed by atoms with Crippen LogP contribution >= 0.6 is 0 Å². The molecule has 1 aliphatic heterocycles. The number of rotatable bonds is 8. The summed E-state index contributed by atoms with van der Waals surface area (Å²) in [6.07, 6.45) is 0.333. The fourth-order valence-corrected chi connectivity index (χ4v) is 7.49. The van der Waals surface area contributed by atoms with Gasteiger partial charge in [0.1, 0.15) is 6.17 Å². The Morgan fingerprint density at radius 1 is 1.00 bits per heavy atom. The van der Waals surface area contributed by atoms with Gasteiger partial charge in [-0.2, -0.15) is 8.78 Å². The molecule has 7 nitrogen and oxygen atoms in total. The average Bonchev–Trinajstić information content (AvgIpc) is 3.43. The Labute approximate surface area is 227 Å². The molecule has 0 radical (unpaired) electrons. The highest BCUT2D eigenvalue weighted by molar-refractivity contribution is 7.93. The summed E-state index contributed by atoms with van der Waals surface area (Å²) in [6, 6.07) is 14.6. The topological polar surface area (TPSA) is 79.5 Å². The molecular formula is C28H33F3N4O3S. The van der Waals surface area contributed by atoms with Crippen LogP contribution in [-0.2, 0) is 16.6 Å². The van der Waals surface area contributed by atoms with Crippen molar-refractivity contribution in [1.82, 2.24) is 15.1 Å². The van der Waals surface area contributed by atoms with E-state index in [9.17, 15) is 21.6 Å². The zero-order valence-electron chi connectivity index (χ0n) is 21.8. The molecule has 1 aromatic heterocycles. The normalized spacial score (nSPS) is 21.4. The minimum absolute atomic E-state index is 0.0215. The lowest BCUT2D eigenvalue weighted by molar-refractivity contribution is 0.103. The van der Waals surface area contributed by atoms with Gasteiger partial charge in [-0.3, -0.25) is 4.31 Å².